The van der Waals surface area contributed by atoms with E-state index in [1.807, 2.05) is 61.5 Å². The molecule has 0 unspecified atom stereocenters. The number of carbonyl (C=O) groups is 2. The molecule has 0 bridgehead atoms. The quantitative estimate of drug-likeness (QED) is 0.214. The second kappa shape index (κ2) is 10.6. The lowest BCUT2D eigenvalue weighted by molar-refractivity contribution is -0.128. The summed E-state index contributed by atoms with van der Waals surface area (Å²) in [4.78, 5) is 24.4. The summed E-state index contributed by atoms with van der Waals surface area (Å²) < 4.78 is 10.8. The molecule has 0 radical (unpaired) electrons. The smallest absolute Gasteiger partial charge is 0.336 e. The monoisotopic (exact) mass is 398 g/mol. The van der Waals surface area contributed by atoms with Crippen LogP contribution < -0.4 is 9.47 Å². The molecule has 0 N–H and O–H groups in total. The first-order valence-corrected chi connectivity index (χ1v) is 9.65. The van der Waals surface area contributed by atoms with E-state index in [2.05, 4.69) is 0 Å². The predicted octanol–water partition coefficient (Wildman–Crippen LogP) is 5.60. The van der Waals surface area contributed by atoms with Gasteiger partial charge in [-0.25, -0.2) is 4.79 Å². The van der Waals surface area contributed by atoms with Crippen LogP contribution in [0.1, 0.15) is 28.4 Å². The number of esters is 1. The summed E-state index contributed by atoms with van der Waals surface area (Å²) in [5.74, 6) is 0.475. The van der Waals surface area contributed by atoms with Crippen LogP contribution in [-0.2, 0) is 4.79 Å². The number of para-hydroxylation sites is 1. The van der Waals surface area contributed by atoms with Gasteiger partial charge in [-0.3, -0.25) is 4.79 Å². The van der Waals surface area contributed by atoms with E-state index in [-0.39, 0.29) is 5.78 Å². The number of hydrogen-bond acceptors (Lipinski definition) is 4. The zero-order chi connectivity index (χ0) is 21.2. The average molecular weight is 398 g/mol. The molecule has 0 spiro atoms. The van der Waals surface area contributed by atoms with Crippen LogP contribution in [0.4, 0.5) is 0 Å². The highest BCUT2D eigenvalue weighted by molar-refractivity contribution is 6.07. The Bertz CT molecular complexity index is 1050. The summed E-state index contributed by atoms with van der Waals surface area (Å²) in [5.41, 5.74) is 2.25. The van der Waals surface area contributed by atoms with Crippen LogP contribution in [0, 0.1) is 0 Å². The number of ketones is 1. The van der Waals surface area contributed by atoms with Crippen molar-refractivity contribution >= 4 is 23.9 Å². The van der Waals surface area contributed by atoms with Crippen LogP contribution in [0.3, 0.4) is 0 Å². The third kappa shape index (κ3) is 6.04. The highest BCUT2D eigenvalue weighted by atomic mass is 16.5. The van der Waals surface area contributed by atoms with Crippen LogP contribution in [0.2, 0.25) is 0 Å². The fourth-order valence-electron chi connectivity index (χ4n) is 2.73. The van der Waals surface area contributed by atoms with Crippen LogP contribution in [0.15, 0.2) is 91.0 Å². The Balaban J connectivity index is 1.60. The van der Waals surface area contributed by atoms with Gasteiger partial charge in [0.05, 0.1) is 6.61 Å². The van der Waals surface area contributed by atoms with Gasteiger partial charge >= 0.3 is 5.97 Å². The summed E-state index contributed by atoms with van der Waals surface area (Å²) in [5, 5.41) is 0. The highest BCUT2D eigenvalue weighted by Gasteiger charge is 2.06. The van der Waals surface area contributed by atoms with E-state index in [1.165, 1.54) is 12.2 Å². The second-order valence-corrected chi connectivity index (χ2v) is 6.36. The number of ether oxygens (including phenoxy) is 2. The second-order valence-electron chi connectivity index (χ2n) is 6.36. The van der Waals surface area contributed by atoms with Gasteiger partial charge in [0.1, 0.15) is 11.5 Å². The summed E-state index contributed by atoms with van der Waals surface area (Å²) in [7, 11) is 0. The summed E-state index contributed by atoms with van der Waals surface area (Å²) in [6.07, 6.45) is 6.29. The lowest BCUT2D eigenvalue weighted by Crippen LogP contribution is -2.04. The Labute approximate surface area is 176 Å². The lowest BCUT2D eigenvalue weighted by Gasteiger charge is -2.06. The standard InChI is InChI=1S/C26H22O4/c1-2-29-25-11-7-6-10-22(25)15-18-24(27)21-13-16-23(17-14-21)30-26(28)19-12-20-8-4-3-5-9-20/h3-19H,2H2,1H3. The van der Waals surface area contributed by atoms with E-state index in [0.717, 1.165) is 16.9 Å². The third-order valence-electron chi connectivity index (χ3n) is 4.20. The molecule has 0 aliphatic carbocycles. The third-order valence-corrected chi connectivity index (χ3v) is 4.20. The highest BCUT2D eigenvalue weighted by Crippen LogP contribution is 2.20. The first-order chi connectivity index (χ1) is 14.7. The van der Waals surface area contributed by atoms with E-state index in [1.54, 1.807) is 36.4 Å². The van der Waals surface area contributed by atoms with Crippen molar-refractivity contribution in [3.05, 3.63) is 108 Å². The van der Waals surface area contributed by atoms with E-state index in [4.69, 9.17) is 9.47 Å². The van der Waals surface area contributed by atoms with E-state index >= 15 is 0 Å². The number of carbonyl (C=O) groups excluding carboxylic acids is 2. The van der Waals surface area contributed by atoms with Crippen LogP contribution in [-0.4, -0.2) is 18.4 Å². The topological polar surface area (TPSA) is 52.6 Å². The molecule has 0 atom stereocenters. The Morgan fingerprint density at radius 3 is 2.23 bits per heavy atom. The first-order valence-electron chi connectivity index (χ1n) is 9.65. The molecule has 4 heteroatoms. The van der Waals surface area contributed by atoms with Crippen LogP contribution >= 0.6 is 0 Å². The van der Waals surface area contributed by atoms with Crippen molar-refractivity contribution < 1.29 is 19.1 Å². The zero-order valence-corrected chi connectivity index (χ0v) is 16.7. The molecule has 150 valence electrons. The minimum absolute atomic E-state index is 0.150. The van der Waals surface area contributed by atoms with Gasteiger partial charge in [0.15, 0.2) is 5.78 Å². The summed E-state index contributed by atoms with van der Waals surface area (Å²) in [6, 6.07) is 23.5. The van der Waals surface area contributed by atoms with Crippen molar-refractivity contribution in [3.8, 4) is 11.5 Å². The maximum Gasteiger partial charge on any atom is 0.336 e. The molecule has 0 aromatic heterocycles. The molecule has 4 nitrogen and oxygen atoms in total. The predicted molar refractivity (Wildman–Crippen MR) is 119 cm³/mol. The van der Waals surface area contributed by atoms with Gasteiger partial charge in [-0.2, -0.15) is 0 Å². The van der Waals surface area contributed by atoms with Gasteiger partial charge in [0, 0.05) is 17.2 Å². The maximum atomic E-state index is 12.4. The Hall–Kier alpha value is -3.92. The van der Waals surface area contributed by atoms with E-state index in [9.17, 15) is 9.59 Å². The molecule has 30 heavy (non-hydrogen) atoms. The largest absolute Gasteiger partial charge is 0.493 e. The van der Waals surface area contributed by atoms with Crippen molar-refractivity contribution in [2.24, 2.45) is 0 Å². The van der Waals surface area contributed by atoms with Crippen molar-refractivity contribution in [2.45, 2.75) is 6.92 Å². The van der Waals surface area contributed by atoms with Gasteiger partial charge < -0.3 is 9.47 Å². The molecule has 0 heterocycles. The molecule has 3 aromatic rings. The Morgan fingerprint density at radius 2 is 1.50 bits per heavy atom. The minimum atomic E-state index is -0.481. The van der Waals surface area contributed by atoms with Gasteiger partial charge in [-0.05, 0) is 61.0 Å². The normalized spacial score (nSPS) is 11.0. The molecule has 0 fully saturated rings. The average Bonchev–Trinajstić information content (AvgIpc) is 2.78. The zero-order valence-electron chi connectivity index (χ0n) is 16.7. The van der Waals surface area contributed by atoms with Gasteiger partial charge in [0.2, 0.25) is 0 Å². The Morgan fingerprint density at radius 1 is 0.800 bits per heavy atom. The van der Waals surface area contributed by atoms with Gasteiger partial charge in [0.25, 0.3) is 0 Å². The SMILES string of the molecule is CCOc1ccccc1C=CC(=O)c1ccc(OC(=O)C=Cc2ccccc2)cc1. The van der Waals surface area contributed by atoms with Gasteiger partial charge in [-0.1, -0.05) is 48.5 Å². The van der Waals surface area contributed by atoms with Crippen LogP contribution in [0.5, 0.6) is 11.5 Å². The fraction of sp³-hybridized carbons (Fsp3) is 0.0769. The van der Waals surface area contributed by atoms with E-state index in [0.29, 0.717) is 17.9 Å². The maximum absolute atomic E-state index is 12.4. The molecular formula is C26H22O4. The Kier molecular flexibility index (Phi) is 7.34. The van der Waals surface area contributed by atoms with Crippen molar-refractivity contribution in [2.75, 3.05) is 6.61 Å². The van der Waals surface area contributed by atoms with Crippen molar-refractivity contribution in [3.63, 3.8) is 0 Å². The molecule has 0 aliphatic heterocycles. The summed E-state index contributed by atoms with van der Waals surface area (Å²) in [6.45, 7) is 2.47. The number of allylic oxidation sites excluding steroid dienone is 1. The fourth-order valence-corrected chi connectivity index (χ4v) is 2.73. The molecule has 3 rings (SSSR count). The molecule has 0 saturated heterocycles. The molecule has 0 aliphatic rings. The molecule has 3 aromatic carbocycles. The van der Waals surface area contributed by atoms with Crippen molar-refractivity contribution in [1.29, 1.82) is 0 Å². The minimum Gasteiger partial charge on any atom is -0.493 e. The van der Waals surface area contributed by atoms with Crippen molar-refractivity contribution in [1.82, 2.24) is 0 Å². The molecule has 0 amide bonds. The summed E-state index contributed by atoms with van der Waals surface area (Å²) >= 11 is 0. The van der Waals surface area contributed by atoms with E-state index < -0.39 is 5.97 Å². The van der Waals surface area contributed by atoms with Crippen LogP contribution in [0.25, 0.3) is 12.2 Å². The molecule has 0 saturated carbocycles. The number of benzene rings is 3. The van der Waals surface area contributed by atoms with Gasteiger partial charge in [-0.15, -0.1) is 0 Å². The number of rotatable bonds is 8. The number of hydrogen-bond donors (Lipinski definition) is 0. The lowest BCUT2D eigenvalue weighted by atomic mass is 10.1. The molecular weight excluding hydrogens is 376 g/mol. The first kappa shape index (κ1) is 20.8.